The normalized spacial score (nSPS) is 17.3. The first kappa shape index (κ1) is 44.0. The van der Waals surface area contributed by atoms with Gasteiger partial charge in [-0.3, -0.25) is 24.7 Å². The van der Waals surface area contributed by atoms with E-state index in [9.17, 15) is 23.3 Å². The summed E-state index contributed by atoms with van der Waals surface area (Å²) in [5, 5.41) is 16.7. The van der Waals surface area contributed by atoms with Crippen molar-refractivity contribution in [3.8, 4) is 11.5 Å². The molecule has 1 aliphatic carbocycles. The number of allylic oxidation sites excluding steroid dienone is 1. The summed E-state index contributed by atoms with van der Waals surface area (Å²) in [5.41, 5.74) is 6.61. The number of hydrogen-bond acceptors (Lipinski definition) is 11. The van der Waals surface area contributed by atoms with Gasteiger partial charge in [0.15, 0.2) is 0 Å². The number of benzene rings is 3. The second-order valence-corrected chi connectivity index (χ2v) is 19.3. The van der Waals surface area contributed by atoms with Crippen molar-refractivity contribution in [1.29, 1.82) is 0 Å². The van der Waals surface area contributed by atoms with Crippen molar-refractivity contribution in [2.24, 2.45) is 5.41 Å². The highest BCUT2D eigenvalue weighted by Crippen LogP contribution is 2.44. The lowest BCUT2D eigenvalue weighted by atomic mass is 9.72. The number of ether oxygens (including phenoxy) is 2. The molecule has 5 aromatic rings. The van der Waals surface area contributed by atoms with Gasteiger partial charge < -0.3 is 19.8 Å². The molecule has 1 amide bonds. The number of morpholine rings is 1. The van der Waals surface area contributed by atoms with Crippen LogP contribution >= 0.6 is 11.6 Å². The molecule has 4 heterocycles. The van der Waals surface area contributed by atoms with Crippen molar-refractivity contribution < 1.29 is 27.6 Å². The number of aromatic amines is 1. The monoisotopic (exact) mass is 893 g/mol. The molecule has 0 bridgehead atoms. The van der Waals surface area contributed by atoms with Crippen molar-refractivity contribution in [1.82, 2.24) is 24.5 Å². The fourth-order valence-electron chi connectivity index (χ4n) is 8.51. The highest BCUT2D eigenvalue weighted by molar-refractivity contribution is 7.90. The number of anilines is 1. The number of sulfonamides is 1. The summed E-state index contributed by atoms with van der Waals surface area (Å²) in [6.07, 6.45) is 10.1. The average molecular weight is 894 g/mol. The molecule has 2 aromatic heterocycles. The van der Waals surface area contributed by atoms with Crippen LogP contribution in [-0.4, -0.2) is 98.0 Å². The third kappa shape index (κ3) is 10.8. The number of halogens is 1. The first-order valence-corrected chi connectivity index (χ1v) is 23.2. The van der Waals surface area contributed by atoms with E-state index in [2.05, 4.69) is 61.9 Å². The topological polar surface area (TPSA) is 172 Å². The molecule has 2 aliphatic heterocycles. The number of carbonyl (C=O) groups is 1. The van der Waals surface area contributed by atoms with E-state index in [-0.39, 0.29) is 22.4 Å². The summed E-state index contributed by atoms with van der Waals surface area (Å²) >= 11 is 6.24. The lowest BCUT2D eigenvalue weighted by molar-refractivity contribution is -0.384. The second kappa shape index (κ2) is 19.0. The van der Waals surface area contributed by atoms with Crippen molar-refractivity contribution in [2.75, 3.05) is 64.3 Å². The average Bonchev–Trinajstić information content (AvgIpc) is 3.74. The molecular weight excluding hydrogens is 842 g/mol. The van der Waals surface area contributed by atoms with Crippen LogP contribution in [0.25, 0.3) is 22.2 Å². The molecule has 63 heavy (non-hydrogen) atoms. The van der Waals surface area contributed by atoms with E-state index < -0.39 is 31.4 Å². The van der Waals surface area contributed by atoms with Crippen LogP contribution in [0.1, 0.15) is 67.4 Å². The van der Waals surface area contributed by atoms with Gasteiger partial charge in [-0.05, 0) is 115 Å². The molecule has 0 spiro atoms. The summed E-state index contributed by atoms with van der Waals surface area (Å²) < 4.78 is 41.2. The molecule has 330 valence electrons. The van der Waals surface area contributed by atoms with Crippen LogP contribution in [0, 0.1) is 15.5 Å². The Morgan fingerprint density at radius 1 is 1.00 bits per heavy atom. The molecule has 1 fully saturated rings. The molecule has 14 nitrogen and oxygen atoms in total. The molecule has 0 unspecified atom stereocenters. The maximum absolute atomic E-state index is 13.9. The Kier molecular flexibility index (Phi) is 13.3. The largest absolute Gasteiger partial charge is 0.455 e. The molecule has 0 radical (unpaired) electrons. The first-order valence-electron chi connectivity index (χ1n) is 21.3. The molecule has 16 heteroatoms. The Hall–Kier alpha value is -5.58. The van der Waals surface area contributed by atoms with Crippen LogP contribution < -0.4 is 14.8 Å². The number of carbonyl (C=O) groups excluding carboxylic acids is 1. The number of nitrogens with zero attached hydrogens (tertiary/aromatic N) is 4. The SMILES string of the molecule is CC1(C)CCC(CN2CC=C(c3ccc(C(=O)NS(=O)(=O)c4ccc(NCCCN5CCOCC5)c([N+](=O)[O-])c4)c(Oc4cnc5[nH]ccc5c4)c3)CC2)=C(c2ccc(Cl)cc2)C1. The van der Waals surface area contributed by atoms with Crippen LogP contribution in [0.15, 0.2) is 102 Å². The molecule has 1 saturated heterocycles. The predicted octanol–water partition coefficient (Wildman–Crippen LogP) is 8.92. The van der Waals surface area contributed by atoms with Crippen molar-refractivity contribution in [3.05, 3.63) is 129 Å². The highest BCUT2D eigenvalue weighted by atomic mass is 35.5. The van der Waals surface area contributed by atoms with E-state index >= 15 is 0 Å². The lowest BCUT2D eigenvalue weighted by Gasteiger charge is -2.36. The van der Waals surface area contributed by atoms with E-state index in [1.165, 1.54) is 35.0 Å². The van der Waals surface area contributed by atoms with Gasteiger partial charge in [0.05, 0.1) is 34.8 Å². The zero-order chi connectivity index (χ0) is 44.1. The Balaban J connectivity index is 1.00. The number of hydrogen-bond donors (Lipinski definition) is 3. The van der Waals surface area contributed by atoms with Gasteiger partial charge in [-0.15, -0.1) is 0 Å². The summed E-state index contributed by atoms with van der Waals surface area (Å²) in [6, 6.07) is 20.4. The maximum atomic E-state index is 13.9. The third-order valence-corrected chi connectivity index (χ3v) is 13.6. The molecule has 3 aliphatic rings. The van der Waals surface area contributed by atoms with Gasteiger partial charge in [0.25, 0.3) is 21.6 Å². The lowest BCUT2D eigenvalue weighted by Crippen LogP contribution is -2.37. The number of nitro groups is 1. The van der Waals surface area contributed by atoms with Gasteiger partial charge in [-0.2, -0.15) is 0 Å². The van der Waals surface area contributed by atoms with E-state index in [0.717, 1.165) is 99.0 Å². The minimum absolute atomic E-state index is 0.0375. The number of nitrogens with one attached hydrogen (secondary N) is 3. The van der Waals surface area contributed by atoms with Gasteiger partial charge >= 0.3 is 0 Å². The number of aromatic nitrogens is 2. The number of rotatable bonds is 15. The predicted molar refractivity (Wildman–Crippen MR) is 246 cm³/mol. The Morgan fingerprint density at radius 3 is 2.56 bits per heavy atom. The third-order valence-electron chi connectivity index (χ3n) is 12.1. The van der Waals surface area contributed by atoms with E-state index in [0.29, 0.717) is 31.2 Å². The van der Waals surface area contributed by atoms with E-state index in [1.807, 2.05) is 18.2 Å². The van der Waals surface area contributed by atoms with E-state index in [4.69, 9.17) is 21.1 Å². The molecular formula is C47H52ClN7O7S. The fourth-order valence-corrected chi connectivity index (χ4v) is 9.62. The molecule has 3 aromatic carbocycles. The number of fused-ring (bicyclic) bond motifs is 1. The smallest absolute Gasteiger partial charge is 0.293 e. The van der Waals surface area contributed by atoms with Gasteiger partial charge in [-0.25, -0.2) is 18.1 Å². The summed E-state index contributed by atoms with van der Waals surface area (Å²) in [5.74, 6) is -0.473. The Labute approximate surface area is 372 Å². The minimum atomic E-state index is -4.56. The van der Waals surface area contributed by atoms with Gasteiger partial charge in [0.1, 0.15) is 22.8 Å². The quantitative estimate of drug-likeness (QED) is 0.0521. The van der Waals surface area contributed by atoms with Gasteiger partial charge in [0, 0.05) is 61.9 Å². The number of pyridine rings is 1. The van der Waals surface area contributed by atoms with Crippen LogP contribution in [0.3, 0.4) is 0 Å². The molecule has 0 atom stereocenters. The standard InChI is InChI=1S/C47H52ClN7O7S/c1-47(2)16-12-36(41(29-47)33-4-7-37(48)8-5-33)31-54-20-14-32(15-21-54)34-6-10-40(44(27-34)62-38-26-35-13-18-50-45(35)51-30-38)46(56)52-63(59,60)39-9-11-42(43(28-39)55(57)58)49-17-3-19-53-22-24-61-25-23-53/h4-11,13-14,18,26-28,30,49H,3,12,15-17,19-25,29,31H2,1-2H3,(H,50,51)(H,52,56). The van der Waals surface area contributed by atoms with Crippen LogP contribution in [0.4, 0.5) is 11.4 Å². The van der Waals surface area contributed by atoms with Crippen molar-refractivity contribution in [2.45, 2.75) is 50.8 Å². The molecule has 8 rings (SSSR count). The summed E-state index contributed by atoms with van der Waals surface area (Å²) in [6.45, 7) is 11.4. The molecule has 3 N–H and O–H groups in total. The maximum Gasteiger partial charge on any atom is 0.293 e. The van der Waals surface area contributed by atoms with Crippen LogP contribution in [0.5, 0.6) is 11.5 Å². The van der Waals surface area contributed by atoms with Crippen molar-refractivity contribution >= 4 is 61.1 Å². The number of amides is 1. The van der Waals surface area contributed by atoms with E-state index in [1.54, 1.807) is 30.5 Å². The van der Waals surface area contributed by atoms with Crippen LogP contribution in [0.2, 0.25) is 5.02 Å². The Bertz CT molecular complexity index is 2670. The van der Waals surface area contributed by atoms with Crippen molar-refractivity contribution in [3.63, 3.8) is 0 Å². The van der Waals surface area contributed by atoms with Gasteiger partial charge in [-0.1, -0.05) is 55.3 Å². The summed E-state index contributed by atoms with van der Waals surface area (Å²) in [4.78, 5) is 37.1. The zero-order valence-corrected chi connectivity index (χ0v) is 37.1. The Morgan fingerprint density at radius 2 is 1.79 bits per heavy atom. The number of nitro benzene ring substituents is 1. The second-order valence-electron chi connectivity index (χ2n) is 17.1. The zero-order valence-electron chi connectivity index (χ0n) is 35.5. The van der Waals surface area contributed by atoms with Crippen LogP contribution in [-0.2, 0) is 14.8 Å². The number of H-pyrrole nitrogens is 1. The molecule has 0 saturated carbocycles. The highest BCUT2D eigenvalue weighted by Gasteiger charge is 2.30. The summed E-state index contributed by atoms with van der Waals surface area (Å²) in [7, 11) is -4.56. The first-order chi connectivity index (χ1) is 30.3. The van der Waals surface area contributed by atoms with Gasteiger partial charge in [0.2, 0.25) is 0 Å². The minimum Gasteiger partial charge on any atom is -0.455 e. The fraction of sp³-hybridized carbons (Fsp3) is 0.362.